The van der Waals surface area contributed by atoms with Crippen LogP contribution in [-0.4, -0.2) is 10.1 Å². The largest absolute Gasteiger partial charge is 0.339 e. The molecule has 0 saturated heterocycles. The minimum absolute atomic E-state index is 0.251. The van der Waals surface area contributed by atoms with Crippen molar-refractivity contribution < 1.29 is 4.52 Å². The second-order valence-corrected chi connectivity index (χ2v) is 5.13. The molecule has 1 atom stereocenters. The number of aromatic nitrogens is 2. The molecule has 0 spiro atoms. The summed E-state index contributed by atoms with van der Waals surface area (Å²) in [5.41, 5.74) is 5.67. The highest BCUT2D eigenvalue weighted by Crippen LogP contribution is 2.24. The number of nitrogens with zero attached hydrogens (tertiary/aromatic N) is 2. The van der Waals surface area contributed by atoms with Crippen LogP contribution in [0.25, 0.3) is 0 Å². The molecule has 1 heterocycles. The molecule has 4 nitrogen and oxygen atoms in total. The van der Waals surface area contributed by atoms with E-state index in [2.05, 4.69) is 24.0 Å². The van der Waals surface area contributed by atoms with Gasteiger partial charge in [0, 0.05) is 5.92 Å². The van der Waals surface area contributed by atoms with Crippen molar-refractivity contribution in [3.05, 3.63) is 11.7 Å². The highest BCUT2D eigenvalue weighted by molar-refractivity contribution is 5.03. The standard InChI is InChI=1S/C11H21N3O/c1-7(2)6-11(5,12)10-13-9(8(3)4)15-14-10/h7-8H,6,12H2,1-5H3. The van der Waals surface area contributed by atoms with E-state index in [-0.39, 0.29) is 5.92 Å². The van der Waals surface area contributed by atoms with Crippen molar-refractivity contribution in [1.29, 1.82) is 0 Å². The van der Waals surface area contributed by atoms with Gasteiger partial charge in [0.05, 0.1) is 5.54 Å². The summed E-state index contributed by atoms with van der Waals surface area (Å²) >= 11 is 0. The summed E-state index contributed by atoms with van der Waals surface area (Å²) in [6, 6.07) is 0. The van der Waals surface area contributed by atoms with Crippen molar-refractivity contribution in [2.75, 3.05) is 0 Å². The summed E-state index contributed by atoms with van der Waals surface area (Å²) in [5.74, 6) is 2.03. The third-order valence-electron chi connectivity index (χ3n) is 2.28. The molecule has 15 heavy (non-hydrogen) atoms. The van der Waals surface area contributed by atoms with E-state index in [1.807, 2.05) is 20.8 Å². The smallest absolute Gasteiger partial charge is 0.229 e. The van der Waals surface area contributed by atoms with E-state index in [1.54, 1.807) is 0 Å². The molecule has 0 saturated carbocycles. The molecular formula is C11H21N3O. The number of hydrogen-bond acceptors (Lipinski definition) is 4. The van der Waals surface area contributed by atoms with Crippen LogP contribution in [0.15, 0.2) is 4.52 Å². The Kier molecular flexibility index (Phi) is 3.50. The van der Waals surface area contributed by atoms with Crippen molar-refractivity contribution in [2.24, 2.45) is 11.7 Å². The van der Waals surface area contributed by atoms with Crippen LogP contribution in [0.3, 0.4) is 0 Å². The lowest BCUT2D eigenvalue weighted by atomic mass is 9.91. The van der Waals surface area contributed by atoms with Gasteiger partial charge in [0.25, 0.3) is 0 Å². The van der Waals surface area contributed by atoms with Gasteiger partial charge >= 0.3 is 0 Å². The zero-order chi connectivity index (χ0) is 11.6. The van der Waals surface area contributed by atoms with Gasteiger partial charge in [-0.2, -0.15) is 4.98 Å². The van der Waals surface area contributed by atoms with E-state index >= 15 is 0 Å². The first-order chi connectivity index (χ1) is 6.83. The number of nitrogens with two attached hydrogens (primary N) is 1. The lowest BCUT2D eigenvalue weighted by Gasteiger charge is -2.22. The summed E-state index contributed by atoms with van der Waals surface area (Å²) in [6.07, 6.45) is 0.851. The fourth-order valence-corrected chi connectivity index (χ4v) is 1.64. The van der Waals surface area contributed by atoms with Crippen LogP contribution < -0.4 is 5.73 Å². The van der Waals surface area contributed by atoms with E-state index in [4.69, 9.17) is 10.3 Å². The molecule has 86 valence electrons. The molecular weight excluding hydrogens is 190 g/mol. The van der Waals surface area contributed by atoms with Gasteiger partial charge in [-0.25, -0.2) is 0 Å². The molecule has 0 aromatic carbocycles. The monoisotopic (exact) mass is 211 g/mol. The summed E-state index contributed by atoms with van der Waals surface area (Å²) in [7, 11) is 0. The Morgan fingerprint density at radius 2 is 1.93 bits per heavy atom. The molecule has 0 radical (unpaired) electrons. The number of rotatable bonds is 4. The normalized spacial score (nSPS) is 16.0. The fourth-order valence-electron chi connectivity index (χ4n) is 1.64. The fraction of sp³-hybridized carbons (Fsp3) is 0.818. The van der Waals surface area contributed by atoms with Crippen LogP contribution in [0.1, 0.15) is 58.7 Å². The molecule has 2 N–H and O–H groups in total. The van der Waals surface area contributed by atoms with Gasteiger partial charge in [-0.15, -0.1) is 0 Å². The average Bonchev–Trinajstić information content (AvgIpc) is 2.48. The predicted octanol–water partition coefficient (Wildman–Crippen LogP) is 2.41. The first-order valence-corrected chi connectivity index (χ1v) is 5.46. The Morgan fingerprint density at radius 1 is 1.33 bits per heavy atom. The predicted molar refractivity (Wildman–Crippen MR) is 59.4 cm³/mol. The molecule has 0 bridgehead atoms. The maximum Gasteiger partial charge on any atom is 0.229 e. The van der Waals surface area contributed by atoms with Gasteiger partial charge in [0.1, 0.15) is 0 Å². The lowest BCUT2D eigenvalue weighted by Crippen LogP contribution is -2.35. The van der Waals surface area contributed by atoms with E-state index in [1.165, 1.54) is 0 Å². The highest BCUT2D eigenvalue weighted by Gasteiger charge is 2.28. The summed E-state index contributed by atoms with van der Waals surface area (Å²) in [5, 5.41) is 3.95. The molecule has 0 aliphatic heterocycles. The van der Waals surface area contributed by atoms with Gasteiger partial charge in [0.2, 0.25) is 5.89 Å². The van der Waals surface area contributed by atoms with Crippen molar-refractivity contribution in [3.63, 3.8) is 0 Å². The van der Waals surface area contributed by atoms with Gasteiger partial charge in [-0.3, -0.25) is 0 Å². The molecule has 1 aromatic heterocycles. The van der Waals surface area contributed by atoms with E-state index < -0.39 is 5.54 Å². The second-order valence-electron chi connectivity index (χ2n) is 5.13. The molecule has 0 amide bonds. The van der Waals surface area contributed by atoms with Crippen LogP contribution >= 0.6 is 0 Å². The van der Waals surface area contributed by atoms with E-state index in [0.717, 1.165) is 6.42 Å². The zero-order valence-corrected chi connectivity index (χ0v) is 10.2. The third kappa shape index (κ3) is 3.02. The summed E-state index contributed by atoms with van der Waals surface area (Å²) < 4.78 is 5.15. The Labute approximate surface area is 91.2 Å². The van der Waals surface area contributed by atoms with Crippen molar-refractivity contribution in [1.82, 2.24) is 10.1 Å². The van der Waals surface area contributed by atoms with Gasteiger partial charge < -0.3 is 10.3 Å². The summed E-state index contributed by atoms with van der Waals surface area (Å²) in [4.78, 5) is 4.33. The molecule has 4 heteroatoms. The zero-order valence-electron chi connectivity index (χ0n) is 10.2. The quantitative estimate of drug-likeness (QED) is 0.830. The van der Waals surface area contributed by atoms with Crippen LogP contribution in [0.5, 0.6) is 0 Å². The molecule has 0 aliphatic rings. The molecule has 1 unspecified atom stereocenters. The number of hydrogen-bond donors (Lipinski definition) is 1. The van der Waals surface area contributed by atoms with Crippen LogP contribution in [-0.2, 0) is 5.54 Å². The lowest BCUT2D eigenvalue weighted by molar-refractivity contribution is 0.323. The maximum atomic E-state index is 6.17. The van der Waals surface area contributed by atoms with Crippen molar-refractivity contribution in [2.45, 2.75) is 52.5 Å². The highest BCUT2D eigenvalue weighted by atomic mass is 16.5. The first kappa shape index (κ1) is 12.2. The summed E-state index contributed by atoms with van der Waals surface area (Å²) in [6.45, 7) is 10.3. The SMILES string of the molecule is CC(C)CC(C)(N)c1noc(C(C)C)n1. The van der Waals surface area contributed by atoms with Crippen molar-refractivity contribution >= 4 is 0 Å². The van der Waals surface area contributed by atoms with Crippen LogP contribution in [0.4, 0.5) is 0 Å². The maximum absolute atomic E-state index is 6.17. The Morgan fingerprint density at radius 3 is 2.33 bits per heavy atom. The molecule has 1 rings (SSSR count). The van der Waals surface area contributed by atoms with Crippen LogP contribution in [0, 0.1) is 5.92 Å². The van der Waals surface area contributed by atoms with Crippen LogP contribution in [0.2, 0.25) is 0 Å². The second kappa shape index (κ2) is 4.31. The van der Waals surface area contributed by atoms with Gasteiger partial charge in [-0.1, -0.05) is 32.9 Å². The minimum atomic E-state index is -0.495. The molecule has 0 fully saturated rings. The Balaban J connectivity index is 2.85. The van der Waals surface area contributed by atoms with Gasteiger partial charge in [0.15, 0.2) is 5.82 Å². The Bertz CT molecular complexity index is 315. The van der Waals surface area contributed by atoms with Crippen molar-refractivity contribution in [3.8, 4) is 0 Å². The third-order valence-corrected chi connectivity index (χ3v) is 2.28. The minimum Gasteiger partial charge on any atom is -0.339 e. The first-order valence-electron chi connectivity index (χ1n) is 5.46. The van der Waals surface area contributed by atoms with Gasteiger partial charge in [-0.05, 0) is 19.3 Å². The molecule has 1 aromatic rings. The Hall–Kier alpha value is -0.900. The average molecular weight is 211 g/mol. The molecule has 0 aliphatic carbocycles. The van der Waals surface area contributed by atoms with E-state index in [9.17, 15) is 0 Å². The van der Waals surface area contributed by atoms with E-state index in [0.29, 0.717) is 17.6 Å². The topological polar surface area (TPSA) is 64.9 Å².